The van der Waals surface area contributed by atoms with E-state index in [-0.39, 0.29) is 11.6 Å². The molecular formula is C26H25IN4O3. The Balaban J connectivity index is 1.87. The minimum atomic E-state index is -0.586. The van der Waals surface area contributed by atoms with Crippen LogP contribution in [-0.2, 0) is 4.79 Å². The molecule has 3 N–H and O–H groups in total. The Hall–Kier alpha value is -3.45. The van der Waals surface area contributed by atoms with Crippen LogP contribution in [0.4, 0.5) is 5.69 Å². The highest BCUT2D eigenvalue weighted by Gasteiger charge is 2.40. The van der Waals surface area contributed by atoms with Gasteiger partial charge in [0.15, 0.2) is 17.3 Å². The van der Waals surface area contributed by atoms with Crippen LogP contribution < -0.4 is 20.6 Å². The molecule has 0 unspecified atom stereocenters. The van der Waals surface area contributed by atoms with Crippen molar-refractivity contribution in [3.63, 3.8) is 0 Å². The highest BCUT2D eigenvalue weighted by Crippen LogP contribution is 2.47. The SMILES string of the molecule is C=CCOc1c(I)cc([C@@H]2C(C#N)=C(N)N(Nc3ccccc3)C3=C2C(=O)CCC3)cc1OC. The molecule has 0 spiro atoms. The molecule has 2 aromatic carbocycles. The van der Waals surface area contributed by atoms with E-state index in [1.54, 1.807) is 18.2 Å². The van der Waals surface area contributed by atoms with Gasteiger partial charge in [0.1, 0.15) is 12.4 Å². The van der Waals surface area contributed by atoms with E-state index >= 15 is 0 Å². The van der Waals surface area contributed by atoms with Gasteiger partial charge in [0.05, 0.1) is 33.9 Å². The van der Waals surface area contributed by atoms with Crippen LogP contribution in [0, 0.1) is 14.9 Å². The summed E-state index contributed by atoms with van der Waals surface area (Å²) < 4.78 is 12.2. The third kappa shape index (κ3) is 4.35. The van der Waals surface area contributed by atoms with Crippen molar-refractivity contribution >= 4 is 34.1 Å². The minimum absolute atomic E-state index is 0.0207. The van der Waals surface area contributed by atoms with Crippen LogP contribution in [0.25, 0.3) is 0 Å². The number of ketones is 1. The number of rotatable bonds is 7. The van der Waals surface area contributed by atoms with Crippen LogP contribution in [0.5, 0.6) is 11.5 Å². The van der Waals surface area contributed by atoms with Gasteiger partial charge in [-0.3, -0.25) is 10.2 Å². The number of ether oxygens (including phenoxy) is 2. The third-order valence-corrected chi connectivity index (χ3v) is 6.66. The number of nitrogens with one attached hydrogen (secondary N) is 1. The van der Waals surface area contributed by atoms with Gasteiger partial charge in [-0.25, -0.2) is 5.01 Å². The second kappa shape index (κ2) is 10.2. The number of hydrogen-bond donors (Lipinski definition) is 2. The first-order valence-electron chi connectivity index (χ1n) is 10.9. The van der Waals surface area contributed by atoms with Gasteiger partial charge in [-0.2, -0.15) is 5.26 Å². The lowest BCUT2D eigenvalue weighted by Gasteiger charge is -2.40. The monoisotopic (exact) mass is 568 g/mol. The van der Waals surface area contributed by atoms with E-state index in [2.05, 4.69) is 40.7 Å². The normalized spacial score (nSPS) is 17.7. The van der Waals surface area contributed by atoms with Gasteiger partial charge in [0.2, 0.25) is 0 Å². The van der Waals surface area contributed by atoms with Crippen LogP contribution in [0.3, 0.4) is 0 Å². The highest BCUT2D eigenvalue weighted by molar-refractivity contribution is 14.1. The Kier molecular flexibility index (Phi) is 7.12. The largest absolute Gasteiger partial charge is 0.493 e. The van der Waals surface area contributed by atoms with Crippen molar-refractivity contribution in [1.29, 1.82) is 5.26 Å². The Bertz CT molecular complexity index is 1230. The maximum absolute atomic E-state index is 13.3. The summed E-state index contributed by atoms with van der Waals surface area (Å²) in [5.74, 6) is 0.833. The predicted octanol–water partition coefficient (Wildman–Crippen LogP) is 4.99. The molecule has 1 atom stereocenters. The summed E-state index contributed by atoms with van der Waals surface area (Å²) in [5, 5.41) is 11.9. The number of hydrogen-bond acceptors (Lipinski definition) is 7. The van der Waals surface area contributed by atoms with Crippen molar-refractivity contribution < 1.29 is 14.3 Å². The average Bonchev–Trinajstić information content (AvgIpc) is 2.85. The van der Waals surface area contributed by atoms with Gasteiger partial charge < -0.3 is 15.2 Å². The molecule has 0 amide bonds. The number of benzene rings is 2. The summed E-state index contributed by atoms with van der Waals surface area (Å²) in [6.45, 7) is 4.03. The molecule has 0 saturated heterocycles. The Morgan fingerprint density at radius 3 is 2.76 bits per heavy atom. The van der Waals surface area contributed by atoms with E-state index in [1.807, 2.05) is 42.5 Å². The van der Waals surface area contributed by atoms with E-state index in [0.717, 1.165) is 26.9 Å². The van der Waals surface area contributed by atoms with E-state index in [1.165, 1.54) is 0 Å². The molecule has 174 valence electrons. The molecule has 4 rings (SSSR count). The Morgan fingerprint density at radius 2 is 2.09 bits per heavy atom. The second-order valence-corrected chi connectivity index (χ2v) is 9.09. The summed E-state index contributed by atoms with van der Waals surface area (Å²) in [6.07, 6.45) is 3.49. The van der Waals surface area contributed by atoms with Crippen LogP contribution in [-0.4, -0.2) is 24.5 Å². The lowest BCUT2D eigenvalue weighted by atomic mass is 9.76. The number of nitriles is 1. The molecule has 0 aromatic heterocycles. The average molecular weight is 568 g/mol. The summed E-state index contributed by atoms with van der Waals surface area (Å²) in [4.78, 5) is 13.3. The summed E-state index contributed by atoms with van der Waals surface area (Å²) in [6, 6.07) is 15.6. The molecule has 34 heavy (non-hydrogen) atoms. The number of carbonyl (C=O) groups excluding carboxylic acids is 1. The Labute approximate surface area is 212 Å². The van der Waals surface area contributed by atoms with Crippen molar-refractivity contribution in [2.45, 2.75) is 25.2 Å². The highest BCUT2D eigenvalue weighted by atomic mass is 127. The number of hydrazine groups is 1. The molecule has 1 aliphatic carbocycles. The first-order chi connectivity index (χ1) is 16.5. The summed E-state index contributed by atoms with van der Waals surface area (Å²) >= 11 is 2.17. The predicted molar refractivity (Wildman–Crippen MR) is 139 cm³/mol. The molecule has 1 aliphatic heterocycles. The fraction of sp³-hybridized carbons (Fsp3) is 0.231. The number of carbonyl (C=O) groups is 1. The maximum Gasteiger partial charge on any atom is 0.174 e. The molecule has 1 heterocycles. The van der Waals surface area contributed by atoms with Crippen LogP contribution in [0.15, 0.2) is 77.8 Å². The molecule has 0 fully saturated rings. The number of halogens is 1. The van der Waals surface area contributed by atoms with Crippen molar-refractivity contribution in [2.75, 3.05) is 19.1 Å². The molecule has 0 radical (unpaired) electrons. The van der Waals surface area contributed by atoms with Crippen LogP contribution >= 0.6 is 22.6 Å². The van der Waals surface area contributed by atoms with E-state index in [4.69, 9.17) is 15.2 Å². The van der Waals surface area contributed by atoms with Crippen molar-refractivity contribution in [2.24, 2.45) is 5.73 Å². The molecule has 7 nitrogen and oxygen atoms in total. The standard InChI is InChI=1S/C26H25IN4O3/c1-3-12-34-25-19(27)13-16(14-22(25)33-2)23-18(15-28)26(29)31(30-17-8-5-4-6-9-17)20-10-7-11-21(32)24(20)23/h3-6,8-9,13-14,23,30H,1,7,10-12,29H2,2H3/t23-/m1/s1. The van der Waals surface area contributed by atoms with Crippen LogP contribution in [0.2, 0.25) is 0 Å². The fourth-order valence-corrected chi connectivity index (χ4v) is 5.16. The van der Waals surface area contributed by atoms with E-state index < -0.39 is 5.92 Å². The third-order valence-electron chi connectivity index (χ3n) is 5.86. The maximum atomic E-state index is 13.3. The van der Waals surface area contributed by atoms with Crippen molar-refractivity contribution in [3.05, 3.63) is 86.9 Å². The lowest BCUT2D eigenvalue weighted by molar-refractivity contribution is -0.116. The summed E-state index contributed by atoms with van der Waals surface area (Å²) in [7, 11) is 1.56. The number of methoxy groups -OCH3 is 1. The number of para-hydroxylation sites is 1. The molecular weight excluding hydrogens is 543 g/mol. The van der Waals surface area contributed by atoms with Crippen molar-refractivity contribution in [1.82, 2.24) is 5.01 Å². The van der Waals surface area contributed by atoms with E-state index in [9.17, 15) is 10.1 Å². The topological polar surface area (TPSA) is 101 Å². The fourth-order valence-electron chi connectivity index (χ4n) is 4.38. The number of nitrogens with zero attached hydrogens (tertiary/aromatic N) is 2. The molecule has 8 heteroatoms. The molecule has 0 bridgehead atoms. The number of anilines is 1. The molecule has 2 aromatic rings. The number of nitrogens with two attached hydrogens (primary N) is 1. The van der Waals surface area contributed by atoms with Gasteiger partial charge in [-0.05, 0) is 65.3 Å². The van der Waals surface area contributed by atoms with Crippen LogP contribution in [0.1, 0.15) is 30.7 Å². The number of Topliss-reactive ketones (excluding diaryl/α,β-unsaturated/α-hetero) is 1. The summed E-state index contributed by atoms with van der Waals surface area (Å²) in [5.41, 5.74) is 13.1. The van der Waals surface area contributed by atoms with Gasteiger partial charge >= 0.3 is 0 Å². The lowest BCUT2D eigenvalue weighted by Crippen LogP contribution is -2.41. The van der Waals surface area contributed by atoms with Gasteiger partial charge in [-0.15, -0.1) is 0 Å². The number of allylic oxidation sites excluding steroid dienone is 3. The van der Waals surface area contributed by atoms with Crippen molar-refractivity contribution in [3.8, 4) is 17.6 Å². The zero-order valence-electron chi connectivity index (χ0n) is 18.8. The zero-order valence-corrected chi connectivity index (χ0v) is 21.0. The Morgan fingerprint density at radius 1 is 1.32 bits per heavy atom. The van der Waals surface area contributed by atoms with E-state index in [0.29, 0.717) is 42.1 Å². The smallest absolute Gasteiger partial charge is 0.174 e. The minimum Gasteiger partial charge on any atom is -0.493 e. The van der Waals surface area contributed by atoms with Gasteiger partial charge in [-0.1, -0.05) is 30.9 Å². The quantitative estimate of drug-likeness (QED) is 0.359. The second-order valence-electron chi connectivity index (χ2n) is 7.93. The molecule has 2 aliphatic rings. The zero-order chi connectivity index (χ0) is 24.2. The molecule has 0 saturated carbocycles. The van der Waals surface area contributed by atoms with Gasteiger partial charge in [0.25, 0.3) is 0 Å². The first-order valence-corrected chi connectivity index (χ1v) is 12.0. The first kappa shape index (κ1) is 23.7. The van der Waals surface area contributed by atoms with Gasteiger partial charge in [0, 0.05) is 17.7 Å².